The number of aryl methyl sites for hydroxylation is 1. The van der Waals surface area contributed by atoms with E-state index < -0.39 is 0 Å². The summed E-state index contributed by atoms with van der Waals surface area (Å²) in [6.07, 6.45) is 3.01. The van der Waals surface area contributed by atoms with Crippen LogP contribution in [0.2, 0.25) is 0 Å². The Bertz CT molecular complexity index is 774. The van der Waals surface area contributed by atoms with Gasteiger partial charge in [-0.15, -0.1) is 0 Å². The Kier molecular flexibility index (Phi) is 4.81. The second-order valence-corrected chi connectivity index (χ2v) is 6.23. The number of amides is 1. The van der Waals surface area contributed by atoms with Crippen LogP contribution in [0, 0.1) is 6.92 Å². The van der Waals surface area contributed by atoms with Crippen LogP contribution in [-0.4, -0.2) is 71.8 Å². The lowest BCUT2D eigenvalue weighted by Gasteiger charge is -2.34. The van der Waals surface area contributed by atoms with Gasteiger partial charge in [0.05, 0.1) is 32.1 Å². The maximum atomic E-state index is 12.9. The Morgan fingerprint density at radius 3 is 2.73 bits per heavy atom. The summed E-state index contributed by atoms with van der Waals surface area (Å²) >= 11 is 0. The van der Waals surface area contributed by atoms with E-state index in [2.05, 4.69) is 14.9 Å². The van der Waals surface area contributed by atoms with Gasteiger partial charge in [0.25, 0.3) is 5.91 Å². The van der Waals surface area contributed by atoms with Gasteiger partial charge < -0.3 is 23.7 Å². The minimum absolute atomic E-state index is 0.214. The first-order valence-corrected chi connectivity index (χ1v) is 8.68. The zero-order valence-electron chi connectivity index (χ0n) is 14.6. The van der Waals surface area contributed by atoms with Gasteiger partial charge >= 0.3 is 0 Å². The van der Waals surface area contributed by atoms with Crippen LogP contribution in [0.5, 0.6) is 0 Å². The fraction of sp³-hybridized carbons (Fsp3) is 0.529. The van der Waals surface area contributed by atoms with E-state index >= 15 is 0 Å². The summed E-state index contributed by atoms with van der Waals surface area (Å²) in [5, 5.41) is 0. The third kappa shape index (κ3) is 3.27. The third-order valence-electron chi connectivity index (χ3n) is 4.62. The number of ether oxygens (including phenoxy) is 2. The van der Waals surface area contributed by atoms with E-state index in [9.17, 15) is 4.79 Å². The summed E-state index contributed by atoms with van der Waals surface area (Å²) in [6, 6.07) is 1.52. The highest BCUT2D eigenvalue weighted by molar-refractivity contribution is 5.92. The van der Waals surface area contributed by atoms with E-state index in [4.69, 9.17) is 18.9 Å². The van der Waals surface area contributed by atoms with Crippen molar-refractivity contribution in [3.63, 3.8) is 0 Å². The van der Waals surface area contributed by atoms with E-state index in [0.29, 0.717) is 44.5 Å². The molecular weight excluding hydrogens is 338 g/mol. The van der Waals surface area contributed by atoms with Gasteiger partial charge in [-0.2, -0.15) is 0 Å². The Labute approximate surface area is 150 Å². The molecule has 0 aliphatic carbocycles. The molecule has 26 heavy (non-hydrogen) atoms. The molecule has 2 aliphatic heterocycles. The normalized spacial score (nSPS) is 21.0. The molecule has 0 saturated carbocycles. The van der Waals surface area contributed by atoms with Crippen molar-refractivity contribution >= 4 is 11.7 Å². The van der Waals surface area contributed by atoms with Gasteiger partial charge in [0.15, 0.2) is 12.2 Å². The van der Waals surface area contributed by atoms with E-state index in [-0.39, 0.29) is 17.7 Å². The number of oxazole rings is 1. The number of morpholine rings is 2. The molecule has 2 aromatic heterocycles. The number of carbonyl (C=O) groups excluding carboxylic acids is 1. The molecule has 9 heteroatoms. The Morgan fingerprint density at radius 1 is 1.15 bits per heavy atom. The number of aromatic nitrogens is 3. The largest absolute Gasteiger partial charge is 0.438 e. The topological polar surface area (TPSA) is 93.8 Å². The molecule has 2 aromatic rings. The van der Waals surface area contributed by atoms with Crippen molar-refractivity contribution in [3.8, 4) is 0 Å². The molecule has 1 amide bonds. The lowest BCUT2D eigenvalue weighted by Crippen LogP contribution is -2.44. The maximum absolute atomic E-state index is 12.9. The third-order valence-corrected chi connectivity index (χ3v) is 4.62. The number of hydrogen-bond acceptors (Lipinski definition) is 8. The summed E-state index contributed by atoms with van der Waals surface area (Å²) in [6.45, 7) is 5.97. The lowest BCUT2D eigenvalue weighted by atomic mass is 10.2. The van der Waals surface area contributed by atoms with Gasteiger partial charge in [-0.3, -0.25) is 4.79 Å². The zero-order valence-corrected chi connectivity index (χ0v) is 14.6. The Balaban J connectivity index is 1.60. The van der Waals surface area contributed by atoms with Crippen LogP contribution in [0.4, 0.5) is 5.82 Å². The highest BCUT2D eigenvalue weighted by atomic mass is 16.5. The quantitative estimate of drug-likeness (QED) is 0.795. The highest BCUT2D eigenvalue weighted by Crippen LogP contribution is 2.25. The van der Waals surface area contributed by atoms with Crippen molar-refractivity contribution in [2.45, 2.75) is 13.0 Å². The molecule has 4 rings (SSSR count). The fourth-order valence-electron chi connectivity index (χ4n) is 3.19. The molecule has 2 aliphatic rings. The zero-order chi connectivity index (χ0) is 17.9. The average Bonchev–Trinajstić information content (AvgIpc) is 3.14. The molecule has 0 aromatic carbocycles. The first kappa shape index (κ1) is 16.9. The molecule has 9 nitrogen and oxygen atoms in total. The molecule has 4 heterocycles. The van der Waals surface area contributed by atoms with Crippen LogP contribution >= 0.6 is 0 Å². The first-order chi connectivity index (χ1) is 12.7. The molecule has 1 atom stereocenters. The van der Waals surface area contributed by atoms with Crippen LogP contribution in [-0.2, 0) is 9.47 Å². The molecule has 0 bridgehead atoms. The lowest BCUT2D eigenvalue weighted by molar-refractivity contribution is -0.00679. The second kappa shape index (κ2) is 7.38. The van der Waals surface area contributed by atoms with E-state index in [1.165, 1.54) is 6.39 Å². The summed E-state index contributed by atoms with van der Waals surface area (Å²) < 4.78 is 16.3. The molecule has 0 spiro atoms. The van der Waals surface area contributed by atoms with Crippen molar-refractivity contribution < 1.29 is 18.7 Å². The average molecular weight is 359 g/mol. The van der Waals surface area contributed by atoms with Crippen LogP contribution in [0.1, 0.15) is 28.1 Å². The van der Waals surface area contributed by atoms with Gasteiger partial charge in [-0.25, -0.2) is 15.0 Å². The van der Waals surface area contributed by atoms with Crippen molar-refractivity contribution in [2.24, 2.45) is 0 Å². The molecular formula is C17H21N5O4. The monoisotopic (exact) mass is 359 g/mol. The fourth-order valence-corrected chi connectivity index (χ4v) is 3.19. The first-order valence-electron chi connectivity index (χ1n) is 8.68. The second-order valence-electron chi connectivity index (χ2n) is 6.23. The van der Waals surface area contributed by atoms with Gasteiger partial charge in [0, 0.05) is 25.8 Å². The van der Waals surface area contributed by atoms with Crippen molar-refractivity contribution in [3.05, 3.63) is 35.9 Å². The number of nitrogens with zero attached hydrogens (tertiary/aromatic N) is 5. The van der Waals surface area contributed by atoms with Gasteiger partial charge in [-0.1, -0.05) is 0 Å². The summed E-state index contributed by atoms with van der Waals surface area (Å²) in [7, 11) is 0. The minimum atomic E-state index is -0.359. The molecule has 0 N–H and O–H groups in total. The maximum Gasteiger partial charge on any atom is 0.292 e. The van der Waals surface area contributed by atoms with Crippen LogP contribution in [0.25, 0.3) is 0 Å². The van der Waals surface area contributed by atoms with Crippen LogP contribution < -0.4 is 4.90 Å². The molecule has 2 fully saturated rings. The summed E-state index contributed by atoms with van der Waals surface area (Å²) in [5.74, 6) is 1.45. The number of hydrogen-bond donors (Lipinski definition) is 0. The summed E-state index contributed by atoms with van der Waals surface area (Å²) in [4.78, 5) is 29.9. The summed E-state index contributed by atoms with van der Waals surface area (Å²) in [5.41, 5.74) is 0.572. The highest BCUT2D eigenvalue weighted by Gasteiger charge is 2.34. The van der Waals surface area contributed by atoms with Gasteiger partial charge in [-0.05, 0) is 13.0 Å². The van der Waals surface area contributed by atoms with Crippen LogP contribution in [0.3, 0.4) is 0 Å². The number of anilines is 1. The van der Waals surface area contributed by atoms with Gasteiger partial charge in [0.1, 0.15) is 11.9 Å². The van der Waals surface area contributed by atoms with Crippen molar-refractivity contribution in [1.82, 2.24) is 19.9 Å². The van der Waals surface area contributed by atoms with Crippen molar-refractivity contribution in [2.75, 3.05) is 51.0 Å². The van der Waals surface area contributed by atoms with Crippen molar-refractivity contribution in [1.29, 1.82) is 0 Å². The van der Waals surface area contributed by atoms with Gasteiger partial charge in [0.2, 0.25) is 5.76 Å². The standard InChI is InChI=1S/C17H21N5O4/c1-12-15(26-11-19-12)17(23)22-6-9-25-10-13(22)16-18-3-2-14(20-16)21-4-7-24-8-5-21/h2-3,11,13H,4-10H2,1H3/t13-/m0/s1. The van der Waals surface area contributed by atoms with E-state index in [1.807, 2.05) is 6.07 Å². The minimum Gasteiger partial charge on any atom is -0.438 e. The Morgan fingerprint density at radius 2 is 1.96 bits per heavy atom. The number of carbonyl (C=O) groups is 1. The smallest absolute Gasteiger partial charge is 0.292 e. The predicted octanol–water partition coefficient (Wildman–Crippen LogP) is 0.823. The Hall–Kier alpha value is -2.52. The SMILES string of the molecule is Cc1ncoc1C(=O)N1CCOC[C@H]1c1nccc(N2CCOCC2)n1. The molecule has 2 saturated heterocycles. The molecule has 0 unspecified atom stereocenters. The molecule has 138 valence electrons. The van der Waals surface area contributed by atoms with E-state index in [0.717, 1.165) is 18.9 Å². The van der Waals surface area contributed by atoms with E-state index in [1.54, 1.807) is 18.0 Å². The van der Waals surface area contributed by atoms with Crippen LogP contribution in [0.15, 0.2) is 23.1 Å². The number of rotatable bonds is 3. The molecule has 0 radical (unpaired) electrons. The predicted molar refractivity (Wildman–Crippen MR) is 90.9 cm³/mol.